The van der Waals surface area contributed by atoms with Crippen LogP contribution < -0.4 is 14.8 Å². The van der Waals surface area contributed by atoms with Gasteiger partial charge in [-0.25, -0.2) is 14.6 Å². The van der Waals surface area contributed by atoms with Crippen LogP contribution in [0.25, 0.3) is 11.3 Å². The molecule has 0 atom stereocenters. The lowest BCUT2D eigenvalue weighted by Crippen LogP contribution is -2.09. The lowest BCUT2D eigenvalue weighted by Gasteiger charge is -2.12. The van der Waals surface area contributed by atoms with Crippen LogP contribution in [0.3, 0.4) is 0 Å². The fraction of sp³-hybridized carbons (Fsp3) is 0.227. The van der Waals surface area contributed by atoms with Gasteiger partial charge in [-0.15, -0.1) is 0 Å². The highest BCUT2D eigenvalue weighted by Crippen LogP contribution is 2.30. The number of nitrogens with zero attached hydrogens (tertiary/aromatic N) is 2. The van der Waals surface area contributed by atoms with Crippen molar-refractivity contribution in [3.8, 4) is 22.8 Å². The molecule has 0 radical (unpaired) electrons. The Morgan fingerprint density at radius 3 is 2.33 bits per heavy atom. The monoisotopic (exact) mass is 495 g/mol. The van der Waals surface area contributed by atoms with Crippen LogP contribution >= 0.6 is 23.2 Å². The first kappa shape index (κ1) is 25.8. The third-order valence-corrected chi connectivity index (χ3v) is 5.10. The smallest absolute Gasteiger partial charge is 0.414 e. The van der Waals surface area contributed by atoms with Crippen molar-refractivity contribution in [1.82, 2.24) is 9.55 Å². The second-order valence-corrected chi connectivity index (χ2v) is 7.35. The molecule has 0 spiro atoms. The Kier molecular flexibility index (Phi) is 9.38. The normalized spacial score (nSPS) is 10.1. The molecule has 0 fully saturated rings. The Balaban J connectivity index is 0.000000569. The number of carboxylic acids is 2. The zero-order chi connectivity index (χ0) is 24.5. The fourth-order valence-corrected chi connectivity index (χ4v) is 3.07. The van der Waals surface area contributed by atoms with Crippen molar-refractivity contribution in [2.45, 2.75) is 13.5 Å². The molecule has 0 aliphatic carbocycles. The number of nitrogens with one attached hydrogen (secondary N) is 1. The van der Waals surface area contributed by atoms with E-state index in [0.29, 0.717) is 28.9 Å². The first-order valence-corrected chi connectivity index (χ1v) is 10.4. The van der Waals surface area contributed by atoms with Crippen molar-refractivity contribution in [2.75, 3.05) is 19.0 Å². The number of anilines is 1. The van der Waals surface area contributed by atoms with E-state index in [4.69, 9.17) is 52.5 Å². The number of hydrogen-bond acceptors (Lipinski definition) is 6. The molecule has 0 unspecified atom stereocenters. The van der Waals surface area contributed by atoms with Crippen molar-refractivity contribution in [1.29, 1.82) is 0 Å². The van der Waals surface area contributed by atoms with Gasteiger partial charge < -0.3 is 29.6 Å². The number of ether oxygens (including phenoxy) is 2. The summed E-state index contributed by atoms with van der Waals surface area (Å²) in [5.74, 6) is -1.44. The lowest BCUT2D eigenvalue weighted by molar-refractivity contribution is -0.159. The third-order valence-electron chi connectivity index (χ3n) is 4.37. The van der Waals surface area contributed by atoms with Crippen molar-refractivity contribution in [3.05, 3.63) is 58.2 Å². The van der Waals surface area contributed by atoms with Gasteiger partial charge in [0.05, 0.1) is 35.7 Å². The van der Waals surface area contributed by atoms with E-state index in [2.05, 4.69) is 10.3 Å². The minimum Gasteiger partial charge on any atom is -0.493 e. The van der Waals surface area contributed by atoms with Crippen LogP contribution in [0.5, 0.6) is 11.5 Å². The number of carbonyl (C=O) groups is 2. The number of methoxy groups -OCH3 is 1. The molecule has 3 N–H and O–H groups in total. The van der Waals surface area contributed by atoms with Crippen molar-refractivity contribution in [2.24, 2.45) is 7.05 Å². The molecular weight excluding hydrogens is 473 g/mol. The summed E-state index contributed by atoms with van der Waals surface area (Å²) in [7, 11) is 3.59. The molecule has 176 valence electrons. The molecule has 0 saturated carbocycles. The Labute approximate surface area is 200 Å². The maximum atomic E-state index is 9.10. The van der Waals surface area contributed by atoms with Crippen molar-refractivity contribution in [3.63, 3.8) is 0 Å². The molecule has 0 saturated heterocycles. The van der Waals surface area contributed by atoms with Crippen molar-refractivity contribution < 1.29 is 29.3 Å². The highest BCUT2D eigenvalue weighted by atomic mass is 35.5. The topological polar surface area (TPSA) is 123 Å². The number of halogens is 2. The van der Waals surface area contributed by atoms with Crippen LogP contribution in [-0.4, -0.2) is 45.4 Å². The predicted molar refractivity (Wildman–Crippen MR) is 125 cm³/mol. The number of aliphatic carboxylic acids is 2. The van der Waals surface area contributed by atoms with E-state index >= 15 is 0 Å². The van der Waals surface area contributed by atoms with E-state index in [0.717, 1.165) is 28.5 Å². The first-order valence-electron chi connectivity index (χ1n) is 9.64. The van der Waals surface area contributed by atoms with E-state index in [-0.39, 0.29) is 0 Å². The van der Waals surface area contributed by atoms with Crippen LogP contribution in [0.2, 0.25) is 10.0 Å². The molecule has 0 amide bonds. The van der Waals surface area contributed by atoms with Gasteiger partial charge in [-0.3, -0.25) is 0 Å². The number of imidazole rings is 1. The number of benzene rings is 2. The predicted octanol–water partition coefficient (Wildman–Crippen LogP) is 4.57. The lowest BCUT2D eigenvalue weighted by atomic mass is 10.2. The van der Waals surface area contributed by atoms with E-state index in [1.54, 1.807) is 19.4 Å². The van der Waals surface area contributed by atoms with Gasteiger partial charge in [-0.2, -0.15) is 0 Å². The average Bonchev–Trinajstić information content (AvgIpc) is 3.15. The van der Waals surface area contributed by atoms with Gasteiger partial charge in [0.15, 0.2) is 11.5 Å². The average molecular weight is 496 g/mol. The summed E-state index contributed by atoms with van der Waals surface area (Å²) in [4.78, 5) is 22.7. The van der Waals surface area contributed by atoms with Crippen LogP contribution in [0, 0.1) is 0 Å². The highest BCUT2D eigenvalue weighted by Gasteiger charge is 2.11. The summed E-state index contributed by atoms with van der Waals surface area (Å²) >= 11 is 12.1. The Hall–Kier alpha value is -3.43. The van der Waals surface area contributed by atoms with E-state index in [1.807, 2.05) is 48.9 Å². The number of carboxylic acid groups (broad SMARTS) is 2. The second kappa shape index (κ2) is 12.0. The zero-order valence-electron chi connectivity index (χ0n) is 18.1. The fourth-order valence-electron chi connectivity index (χ4n) is 2.78. The van der Waals surface area contributed by atoms with Crippen LogP contribution in [0.1, 0.15) is 12.5 Å². The summed E-state index contributed by atoms with van der Waals surface area (Å²) in [6.07, 6.45) is 1.81. The molecule has 2 aromatic carbocycles. The Morgan fingerprint density at radius 2 is 1.76 bits per heavy atom. The molecule has 11 heteroatoms. The molecule has 0 bridgehead atoms. The van der Waals surface area contributed by atoms with Gasteiger partial charge in [0.25, 0.3) is 0 Å². The van der Waals surface area contributed by atoms with Crippen molar-refractivity contribution >= 4 is 41.1 Å². The first-order chi connectivity index (χ1) is 15.7. The van der Waals surface area contributed by atoms with Crippen LogP contribution in [0.4, 0.5) is 5.95 Å². The van der Waals surface area contributed by atoms with Gasteiger partial charge in [-0.1, -0.05) is 35.3 Å². The standard InChI is InChI=1S/C20H21Cl2N3O2.C2H2O4/c1-4-27-18-8-5-13(9-19(18)26-3)11-23-20-24-12-17(25(20)2)14-6-7-15(21)16(22)10-14;3-1(4)2(5)6/h5-10,12H,4,11H2,1-3H3,(H,23,24);(H,3,4)(H,5,6). The number of aromatic nitrogens is 2. The van der Waals surface area contributed by atoms with Gasteiger partial charge in [0.1, 0.15) is 0 Å². The van der Waals surface area contributed by atoms with Gasteiger partial charge in [0.2, 0.25) is 5.95 Å². The Morgan fingerprint density at radius 1 is 1.06 bits per heavy atom. The second-order valence-electron chi connectivity index (χ2n) is 6.54. The summed E-state index contributed by atoms with van der Waals surface area (Å²) < 4.78 is 12.9. The quantitative estimate of drug-likeness (QED) is 0.407. The van der Waals surface area contributed by atoms with E-state index < -0.39 is 11.9 Å². The number of rotatable bonds is 7. The molecule has 33 heavy (non-hydrogen) atoms. The minimum absolute atomic E-state index is 0.520. The molecule has 0 aliphatic heterocycles. The van der Waals surface area contributed by atoms with Gasteiger partial charge in [-0.05, 0) is 36.8 Å². The van der Waals surface area contributed by atoms with E-state index in [1.165, 1.54) is 0 Å². The van der Waals surface area contributed by atoms with Crippen LogP contribution in [0.15, 0.2) is 42.6 Å². The molecule has 3 aromatic rings. The van der Waals surface area contributed by atoms with Gasteiger partial charge in [0, 0.05) is 19.2 Å². The number of hydrogen-bond donors (Lipinski definition) is 3. The maximum absolute atomic E-state index is 9.10. The molecule has 9 nitrogen and oxygen atoms in total. The highest BCUT2D eigenvalue weighted by molar-refractivity contribution is 6.42. The van der Waals surface area contributed by atoms with Crippen LogP contribution in [-0.2, 0) is 23.2 Å². The van der Waals surface area contributed by atoms with E-state index in [9.17, 15) is 0 Å². The summed E-state index contributed by atoms with van der Waals surface area (Å²) in [5, 5.41) is 19.2. The molecule has 1 aromatic heterocycles. The third kappa shape index (κ3) is 7.03. The van der Waals surface area contributed by atoms with Gasteiger partial charge >= 0.3 is 11.9 Å². The molecular formula is C22H23Cl2N3O6. The zero-order valence-corrected chi connectivity index (χ0v) is 19.6. The summed E-state index contributed by atoms with van der Waals surface area (Å²) in [6.45, 7) is 3.15. The summed E-state index contributed by atoms with van der Waals surface area (Å²) in [6, 6.07) is 11.4. The molecule has 1 heterocycles. The summed E-state index contributed by atoms with van der Waals surface area (Å²) in [5.41, 5.74) is 2.96. The minimum atomic E-state index is -1.82. The molecule has 3 rings (SSSR count). The largest absolute Gasteiger partial charge is 0.493 e. The molecule has 0 aliphatic rings. The Bertz CT molecular complexity index is 1120. The SMILES string of the molecule is CCOc1ccc(CNc2ncc(-c3ccc(Cl)c(Cl)c3)n2C)cc1OC.O=C(O)C(=O)O. The maximum Gasteiger partial charge on any atom is 0.414 e.